The molecule has 1 saturated heterocycles. The third-order valence-electron chi connectivity index (χ3n) is 4.53. The summed E-state index contributed by atoms with van der Waals surface area (Å²) in [4.78, 5) is 38.5. The predicted molar refractivity (Wildman–Crippen MR) is 119 cm³/mol. The van der Waals surface area contributed by atoms with Gasteiger partial charge in [-0.25, -0.2) is 0 Å². The Morgan fingerprint density at radius 2 is 1.77 bits per heavy atom. The van der Waals surface area contributed by atoms with Crippen molar-refractivity contribution in [3.8, 4) is 5.75 Å². The summed E-state index contributed by atoms with van der Waals surface area (Å²) in [7, 11) is 0. The Morgan fingerprint density at radius 1 is 1.10 bits per heavy atom. The number of carbonyl (C=O) groups is 3. The lowest BCUT2D eigenvalue weighted by Crippen LogP contribution is -2.36. The molecule has 0 unspecified atom stereocenters. The van der Waals surface area contributed by atoms with Crippen LogP contribution in [0.1, 0.15) is 37.8 Å². The molecular weight excluding hydrogens is 400 g/mol. The molecule has 7 heteroatoms. The van der Waals surface area contributed by atoms with Crippen molar-refractivity contribution < 1.29 is 19.1 Å². The minimum absolute atomic E-state index is 0.311. The van der Waals surface area contributed by atoms with Crippen LogP contribution >= 0.6 is 11.8 Å². The van der Waals surface area contributed by atoms with Crippen molar-refractivity contribution in [3.63, 3.8) is 0 Å². The zero-order valence-corrected chi connectivity index (χ0v) is 18.0. The van der Waals surface area contributed by atoms with Crippen LogP contribution in [-0.2, 0) is 9.59 Å². The lowest BCUT2D eigenvalue weighted by Gasteiger charge is -2.12. The van der Waals surface area contributed by atoms with E-state index >= 15 is 0 Å². The fourth-order valence-corrected chi connectivity index (χ4v) is 3.75. The summed E-state index contributed by atoms with van der Waals surface area (Å²) in [6, 6.07) is 14.7. The lowest BCUT2D eigenvalue weighted by molar-refractivity contribution is -0.127. The van der Waals surface area contributed by atoms with Gasteiger partial charge in [0.15, 0.2) is 0 Å². The van der Waals surface area contributed by atoms with Crippen LogP contribution in [0.25, 0.3) is 6.08 Å². The van der Waals surface area contributed by atoms with E-state index in [0.29, 0.717) is 28.9 Å². The molecule has 3 rings (SSSR count). The number of thioether (sulfide) groups is 1. The van der Waals surface area contributed by atoms with E-state index in [2.05, 4.69) is 19.2 Å². The molecule has 1 N–H and O–H groups in total. The van der Waals surface area contributed by atoms with Gasteiger partial charge in [0, 0.05) is 5.69 Å². The molecule has 3 amide bonds. The van der Waals surface area contributed by atoms with E-state index in [1.54, 1.807) is 30.3 Å². The zero-order valence-electron chi connectivity index (χ0n) is 17.2. The lowest BCUT2D eigenvalue weighted by atomic mass is 10.0. The average Bonchev–Trinajstić information content (AvgIpc) is 2.97. The molecule has 0 aromatic heterocycles. The second kappa shape index (κ2) is 9.63. The van der Waals surface area contributed by atoms with Gasteiger partial charge in [0.25, 0.3) is 11.1 Å². The molecule has 0 saturated carbocycles. The molecular formula is C23H24N2O4S. The van der Waals surface area contributed by atoms with Crippen LogP contribution in [0.2, 0.25) is 0 Å². The van der Waals surface area contributed by atoms with Crippen LogP contribution in [0.3, 0.4) is 0 Å². The van der Waals surface area contributed by atoms with E-state index in [-0.39, 0.29) is 6.54 Å². The molecule has 0 atom stereocenters. The number of nitrogens with one attached hydrogen (secondary N) is 1. The minimum Gasteiger partial charge on any atom is -0.494 e. The second-order valence-electron chi connectivity index (χ2n) is 7.09. The normalized spacial score (nSPS) is 15.2. The number of amides is 3. The first kappa shape index (κ1) is 21.6. The SMILES string of the molecule is CCOc1ccc(NC(=O)CN2C(=O)S/C(=C/c3ccc(C(C)C)cc3)C2=O)cc1. The summed E-state index contributed by atoms with van der Waals surface area (Å²) in [5.74, 6) is 0.219. The Labute approximate surface area is 180 Å². The number of anilines is 1. The standard InChI is InChI=1S/C23H24N2O4S/c1-4-29-19-11-9-18(10-12-19)24-21(26)14-25-22(27)20(30-23(25)28)13-16-5-7-17(8-6-16)15(2)3/h5-13,15H,4,14H2,1-3H3,(H,24,26)/b20-13+. The topological polar surface area (TPSA) is 75.7 Å². The molecule has 0 spiro atoms. The quantitative estimate of drug-likeness (QED) is 0.641. The van der Waals surface area contributed by atoms with Gasteiger partial charge in [0.05, 0.1) is 11.5 Å². The summed E-state index contributed by atoms with van der Waals surface area (Å²) in [5, 5.41) is 2.24. The molecule has 0 radical (unpaired) electrons. The van der Waals surface area contributed by atoms with Crippen molar-refractivity contribution in [2.24, 2.45) is 0 Å². The van der Waals surface area contributed by atoms with Gasteiger partial charge in [-0.05, 0) is 66.1 Å². The summed E-state index contributed by atoms with van der Waals surface area (Å²) < 4.78 is 5.36. The Morgan fingerprint density at radius 3 is 2.37 bits per heavy atom. The molecule has 1 heterocycles. The van der Waals surface area contributed by atoms with E-state index in [1.807, 2.05) is 31.2 Å². The summed E-state index contributed by atoms with van der Waals surface area (Å²) in [5.41, 5.74) is 2.60. The van der Waals surface area contributed by atoms with Gasteiger partial charge in [0.1, 0.15) is 12.3 Å². The fourth-order valence-electron chi connectivity index (χ4n) is 2.91. The van der Waals surface area contributed by atoms with Gasteiger partial charge >= 0.3 is 0 Å². The first-order valence-electron chi connectivity index (χ1n) is 9.75. The van der Waals surface area contributed by atoms with Gasteiger partial charge in [-0.1, -0.05) is 38.1 Å². The molecule has 1 aliphatic rings. The Bertz CT molecular complexity index is 966. The molecule has 2 aromatic carbocycles. The number of hydrogen-bond donors (Lipinski definition) is 1. The van der Waals surface area contributed by atoms with Crippen molar-refractivity contribution in [2.75, 3.05) is 18.5 Å². The highest BCUT2D eigenvalue weighted by Gasteiger charge is 2.36. The van der Waals surface area contributed by atoms with Crippen molar-refractivity contribution in [3.05, 3.63) is 64.6 Å². The van der Waals surface area contributed by atoms with Gasteiger partial charge in [-0.15, -0.1) is 0 Å². The second-order valence-corrected chi connectivity index (χ2v) is 8.09. The Balaban J connectivity index is 1.63. The van der Waals surface area contributed by atoms with Gasteiger partial charge in [0.2, 0.25) is 5.91 Å². The molecule has 1 aliphatic heterocycles. The number of rotatable bonds is 7. The Kier molecular flexibility index (Phi) is 6.95. The molecule has 0 bridgehead atoms. The highest BCUT2D eigenvalue weighted by Crippen LogP contribution is 2.32. The summed E-state index contributed by atoms with van der Waals surface area (Å²) in [6.45, 7) is 6.33. The maximum Gasteiger partial charge on any atom is 0.294 e. The van der Waals surface area contributed by atoms with E-state index in [1.165, 1.54) is 5.56 Å². The fraction of sp³-hybridized carbons (Fsp3) is 0.261. The van der Waals surface area contributed by atoms with E-state index in [4.69, 9.17) is 4.74 Å². The molecule has 156 valence electrons. The average molecular weight is 425 g/mol. The minimum atomic E-state index is -0.459. The Hall–Kier alpha value is -3.06. The molecule has 6 nitrogen and oxygen atoms in total. The molecule has 0 aliphatic carbocycles. The van der Waals surface area contributed by atoms with Crippen molar-refractivity contribution in [2.45, 2.75) is 26.7 Å². The number of hydrogen-bond acceptors (Lipinski definition) is 5. The maximum atomic E-state index is 12.6. The summed E-state index contributed by atoms with van der Waals surface area (Å²) in [6.07, 6.45) is 1.68. The van der Waals surface area contributed by atoms with Crippen LogP contribution in [0, 0.1) is 0 Å². The van der Waals surface area contributed by atoms with E-state index < -0.39 is 17.1 Å². The van der Waals surface area contributed by atoms with E-state index in [0.717, 1.165) is 22.2 Å². The zero-order chi connectivity index (χ0) is 21.7. The largest absolute Gasteiger partial charge is 0.494 e. The molecule has 1 fully saturated rings. The highest BCUT2D eigenvalue weighted by molar-refractivity contribution is 8.18. The van der Waals surface area contributed by atoms with Gasteiger partial charge in [-0.3, -0.25) is 19.3 Å². The van der Waals surface area contributed by atoms with Crippen LogP contribution in [0.15, 0.2) is 53.4 Å². The van der Waals surface area contributed by atoms with Gasteiger partial charge < -0.3 is 10.1 Å². The van der Waals surface area contributed by atoms with E-state index in [9.17, 15) is 14.4 Å². The maximum absolute atomic E-state index is 12.6. The highest BCUT2D eigenvalue weighted by atomic mass is 32.2. The number of imide groups is 1. The van der Waals surface area contributed by atoms with Crippen molar-refractivity contribution in [1.29, 1.82) is 0 Å². The first-order valence-corrected chi connectivity index (χ1v) is 10.6. The van der Waals surface area contributed by atoms with Crippen LogP contribution in [0.4, 0.5) is 10.5 Å². The smallest absolute Gasteiger partial charge is 0.294 e. The van der Waals surface area contributed by atoms with Gasteiger partial charge in [-0.2, -0.15) is 0 Å². The van der Waals surface area contributed by atoms with Crippen LogP contribution < -0.4 is 10.1 Å². The number of nitrogens with zero attached hydrogens (tertiary/aromatic N) is 1. The van der Waals surface area contributed by atoms with Crippen molar-refractivity contribution >= 4 is 40.6 Å². The predicted octanol–water partition coefficient (Wildman–Crippen LogP) is 4.88. The van der Waals surface area contributed by atoms with Crippen LogP contribution in [-0.4, -0.2) is 35.1 Å². The first-order chi connectivity index (χ1) is 14.4. The number of carbonyl (C=O) groups excluding carboxylic acids is 3. The van der Waals surface area contributed by atoms with Crippen molar-refractivity contribution in [1.82, 2.24) is 4.90 Å². The van der Waals surface area contributed by atoms with Crippen LogP contribution in [0.5, 0.6) is 5.75 Å². The molecule has 2 aromatic rings. The monoisotopic (exact) mass is 424 g/mol. The number of ether oxygens (including phenoxy) is 1. The third kappa shape index (κ3) is 5.30. The summed E-state index contributed by atoms with van der Waals surface area (Å²) >= 11 is 0.845. The molecule has 30 heavy (non-hydrogen) atoms. The third-order valence-corrected chi connectivity index (χ3v) is 5.43. The number of benzene rings is 2.